The van der Waals surface area contributed by atoms with Gasteiger partial charge in [0.15, 0.2) is 0 Å². The minimum Gasteiger partial charge on any atom is -0.445 e. The van der Waals surface area contributed by atoms with Crippen LogP contribution < -0.4 is 5.32 Å². The molecular formula is C15H21FN2O2. The molecule has 1 amide bonds. The Bertz CT molecular complexity index is 414. The quantitative estimate of drug-likeness (QED) is 0.813. The normalized spacial score (nSPS) is 18.2. The highest BCUT2D eigenvalue weighted by Gasteiger charge is 2.26. The van der Waals surface area contributed by atoms with E-state index in [0.717, 1.165) is 12.0 Å². The Morgan fingerprint density at radius 1 is 1.40 bits per heavy atom. The van der Waals surface area contributed by atoms with Crippen molar-refractivity contribution in [1.82, 2.24) is 10.2 Å². The Morgan fingerprint density at radius 3 is 2.95 bits per heavy atom. The highest BCUT2D eigenvalue weighted by Crippen LogP contribution is 2.11. The van der Waals surface area contributed by atoms with Crippen LogP contribution in [0.2, 0.25) is 0 Å². The summed E-state index contributed by atoms with van der Waals surface area (Å²) in [6.07, 6.45) is 1.14. The lowest BCUT2D eigenvalue weighted by atomic mass is 10.2. The van der Waals surface area contributed by atoms with Gasteiger partial charge in [0.25, 0.3) is 0 Å². The summed E-state index contributed by atoms with van der Waals surface area (Å²) < 4.78 is 17.3. The minimum atomic E-state index is -0.303. The Labute approximate surface area is 118 Å². The van der Waals surface area contributed by atoms with Gasteiger partial charge in [0.1, 0.15) is 6.61 Å². The van der Waals surface area contributed by atoms with E-state index in [1.54, 1.807) is 4.90 Å². The molecule has 0 radical (unpaired) electrons. The van der Waals surface area contributed by atoms with E-state index in [1.807, 2.05) is 30.3 Å². The lowest BCUT2D eigenvalue weighted by Crippen LogP contribution is -2.35. The highest BCUT2D eigenvalue weighted by molar-refractivity contribution is 5.68. The van der Waals surface area contributed by atoms with E-state index in [-0.39, 0.29) is 18.8 Å². The smallest absolute Gasteiger partial charge is 0.410 e. The molecule has 2 rings (SSSR count). The van der Waals surface area contributed by atoms with Crippen LogP contribution in [-0.4, -0.2) is 43.3 Å². The number of ether oxygens (including phenoxy) is 1. The number of amides is 1. The fraction of sp³-hybridized carbons (Fsp3) is 0.533. The van der Waals surface area contributed by atoms with Crippen molar-refractivity contribution in [3.63, 3.8) is 0 Å². The van der Waals surface area contributed by atoms with Crippen LogP contribution in [0.4, 0.5) is 9.18 Å². The second kappa shape index (κ2) is 7.85. The van der Waals surface area contributed by atoms with Crippen LogP contribution >= 0.6 is 0 Å². The van der Waals surface area contributed by atoms with Crippen LogP contribution in [0, 0.1) is 0 Å². The number of likely N-dealkylation sites (tertiary alicyclic amines) is 1. The zero-order valence-electron chi connectivity index (χ0n) is 11.6. The van der Waals surface area contributed by atoms with Gasteiger partial charge < -0.3 is 15.0 Å². The first-order valence-electron chi connectivity index (χ1n) is 7.04. The average Bonchev–Trinajstić information content (AvgIpc) is 2.95. The summed E-state index contributed by atoms with van der Waals surface area (Å²) in [4.78, 5) is 13.6. The van der Waals surface area contributed by atoms with Crippen LogP contribution in [0.15, 0.2) is 30.3 Å². The first kappa shape index (κ1) is 14.8. The van der Waals surface area contributed by atoms with Gasteiger partial charge in [-0.3, -0.25) is 4.39 Å². The summed E-state index contributed by atoms with van der Waals surface area (Å²) in [5, 5.41) is 3.25. The molecule has 1 saturated heterocycles. The summed E-state index contributed by atoms with van der Waals surface area (Å²) in [5.41, 5.74) is 0.984. The molecule has 20 heavy (non-hydrogen) atoms. The number of halogens is 1. The number of benzene rings is 1. The zero-order valence-corrected chi connectivity index (χ0v) is 11.6. The number of hydrogen-bond donors (Lipinski definition) is 1. The minimum absolute atomic E-state index is 0.255. The van der Waals surface area contributed by atoms with Crippen molar-refractivity contribution in [2.45, 2.75) is 25.5 Å². The predicted octanol–water partition coefficient (Wildman–Crippen LogP) is 2.35. The molecule has 5 heteroatoms. The van der Waals surface area contributed by atoms with E-state index in [4.69, 9.17) is 4.74 Å². The molecule has 1 unspecified atom stereocenters. The van der Waals surface area contributed by atoms with E-state index in [2.05, 4.69) is 5.32 Å². The molecule has 1 atom stereocenters. The second-order valence-corrected chi connectivity index (χ2v) is 4.97. The van der Waals surface area contributed by atoms with Gasteiger partial charge in [0.2, 0.25) is 0 Å². The first-order valence-corrected chi connectivity index (χ1v) is 7.04. The molecule has 1 N–H and O–H groups in total. The molecule has 1 fully saturated rings. The van der Waals surface area contributed by atoms with Crippen molar-refractivity contribution >= 4 is 6.09 Å². The molecule has 1 aromatic rings. The topological polar surface area (TPSA) is 41.6 Å². The van der Waals surface area contributed by atoms with Crippen LogP contribution in [0.3, 0.4) is 0 Å². The molecule has 110 valence electrons. The summed E-state index contributed by atoms with van der Waals surface area (Å²) in [6, 6.07) is 9.88. The van der Waals surface area contributed by atoms with Gasteiger partial charge in [0.05, 0.1) is 6.67 Å². The van der Waals surface area contributed by atoms with Crippen molar-refractivity contribution in [2.24, 2.45) is 0 Å². The molecule has 1 aliphatic heterocycles. The Morgan fingerprint density at radius 2 is 2.20 bits per heavy atom. The van der Waals surface area contributed by atoms with Crippen molar-refractivity contribution in [3.8, 4) is 0 Å². The third kappa shape index (κ3) is 4.49. The van der Waals surface area contributed by atoms with Crippen LogP contribution in [0.25, 0.3) is 0 Å². The second-order valence-electron chi connectivity index (χ2n) is 4.97. The molecular weight excluding hydrogens is 259 g/mol. The average molecular weight is 280 g/mol. The molecule has 4 nitrogen and oxygen atoms in total. The van der Waals surface area contributed by atoms with Gasteiger partial charge in [-0.05, 0) is 24.9 Å². The van der Waals surface area contributed by atoms with Gasteiger partial charge in [0, 0.05) is 19.1 Å². The van der Waals surface area contributed by atoms with Crippen LogP contribution in [-0.2, 0) is 11.3 Å². The number of alkyl halides is 1. The SMILES string of the molecule is O=C(OCc1ccccc1)N1CCC(NCCCF)C1. The van der Waals surface area contributed by atoms with E-state index < -0.39 is 0 Å². The van der Waals surface area contributed by atoms with Crippen LogP contribution in [0.5, 0.6) is 0 Å². The monoisotopic (exact) mass is 280 g/mol. The highest BCUT2D eigenvalue weighted by atomic mass is 19.1. The summed E-state index contributed by atoms with van der Waals surface area (Å²) in [6.45, 7) is 1.99. The fourth-order valence-corrected chi connectivity index (χ4v) is 2.28. The Hall–Kier alpha value is -1.62. The summed E-state index contributed by atoms with van der Waals surface area (Å²) in [5.74, 6) is 0. The maximum atomic E-state index is 12.0. The van der Waals surface area contributed by atoms with Crippen molar-refractivity contribution in [3.05, 3.63) is 35.9 Å². The molecule has 0 saturated carbocycles. The fourth-order valence-electron chi connectivity index (χ4n) is 2.28. The lowest BCUT2D eigenvalue weighted by Gasteiger charge is -2.17. The zero-order chi connectivity index (χ0) is 14.2. The van der Waals surface area contributed by atoms with Crippen molar-refractivity contribution in [2.75, 3.05) is 26.3 Å². The maximum absolute atomic E-state index is 12.0. The molecule has 0 bridgehead atoms. The van der Waals surface area contributed by atoms with Gasteiger partial charge in [-0.15, -0.1) is 0 Å². The molecule has 0 aromatic heterocycles. The molecule has 0 spiro atoms. The maximum Gasteiger partial charge on any atom is 0.410 e. The third-order valence-corrected chi connectivity index (χ3v) is 3.40. The van der Waals surface area contributed by atoms with Crippen molar-refractivity contribution < 1.29 is 13.9 Å². The van der Waals surface area contributed by atoms with Gasteiger partial charge in [-0.1, -0.05) is 30.3 Å². The molecule has 0 aliphatic carbocycles. The molecule has 1 aromatic carbocycles. The lowest BCUT2D eigenvalue weighted by molar-refractivity contribution is 0.103. The summed E-state index contributed by atoms with van der Waals surface area (Å²) in [7, 11) is 0. The number of nitrogens with one attached hydrogen (secondary N) is 1. The Balaban J connectivity index is 1.69. The predicted molar refractivity (Wildman–Crippen MR) is 75.2 cm³/mol. The van der Waals surface area contributed by atoms with E-state index in [1.165, 1.54) is 0 Å². The number of carbonyl (C=O) groups excluding carboxylic acids is 1. The standard InChI is InChI=1S/C15H21FN2O2/c16-8-4-9-17-14-7-10-18(11-14)15(19)20-12-13-5-2-1-3-6-13/h1-3,5-6,14,17H,4,7-12H2. The number of carbonyl (C=O) groups is 1. The number of rotatable bonds is 6. The number of nitrogens with zero attached hydrogens (tertiary/aromatic N) is 1. The van der Waals surface area contributed by atoms with Gasteiger partial charge >= 0.3 is 6.09 Å². The summed E-state index contributed by atoms with van der Waals surface area (Å²) >= 11 is 0. The first-order chi connectivity index (χ1) is 9.79. The van der Waals surface area contributed by atoms with Gasteiger partial charge in [-0.25, -0.2) is 4.79 Å². The largest absolute Gasteiger partial charge is 0.445 e. The molecule has 1 heterocycles. The van der Waals surface area contributed by atoms with Gasteiger partial charge in [-0.2, -0.15) is 0 Å². The Kier molecular flexibility index (Phi) is 5.80. The van der Waals surface area contributed by atoms with Crippen LogP contribution in [0.1, 0.15) is 18.4 Å². The van der Waals surface area contributed by atoms with E-state index in [0.29, 0.717) is 32.7 Å². The molecule has 1 aliphatic rings. The number of hydrogen-bond acceptors (Lipinski definition) is 3. The van der Waals surface area contributed by atoms with Crippen molar-refractivity contribution in [1.29, 1.82) is 0 Å². The third-order valence-electron chi connectivity index (χ3n) is 3.40. The van der Waals surface area contributed by atoms with E-state index >= 15 is 0 Å². The van der Waals surface area contributed by atoms with E-state index in [9.17, 15) is 9.18 Å².